The molecule has 5 heteroatoms. The Morgan fingerprint density at radius 2 is 2.30 bits per heavy atom. The highest BCUT2D eigenvalue weighted by molar-refractivity contribution is 7.18. The van der Waals surface area contributed by atoms with Crippen LogP contribution in [0.4, 0.5) is 5.82 Å². The molecule has 2 aromatic heterocycles. The third kappa shape index (κ3) is 2.52. The Kier molecular flexibility index (Phi) is 4.17. The summed E-state index contributed by atoms with van der Waals surface area (Å²) in [6.07, 6.45) is 6.62. The fraction of sp³-hybridized carbons (Fsp3) is 0.600. The molecule has 1 aliphatic rings. The molecule has 0 saturated carbocycles. The van der Waals surface area contributed by atoms with Gasteiger partial charge in [-0.15, -0.1) is 11.3 Å². The van der Waals surface area contributed by atoms with Crippen LogP contribution in [0.5, 0.6) is 0 Å². The van der Waals surface area contributed by atoms with Crippen molar-refractivity contribution >= 4 is 27.4 Å². The van der Waals surface area contributed by atoms with Crippen LogP contribution in [0, 0.1) is 0 Å². The van der Waals surface area contributed by atoms with E-state index in [1.807, 2.05) is 7.05 Å². The first kappa shape index (κ1) is 13.8. The molecule has 3 heterocycles. The summed E-state index contributed by atoms with van der Waals surface area (Å²) < 4.78 is 0. The highest BCUT2D eigenvalue weighted by Crippen LogP contribution is 2.33. The SMILES string of the molecule is CCc1cc2c(N3CCCCC3CNC)ncnc2s1. The van der Waals surface area contributed by atoms with Crippen molar-refractivity contribution in [2.75, 3.05) is 25.0 Å². The van der Waals surface area contributed by atoms with Gasteiger partial charge in [0, 0.05) is 24.0 Å². The van der Waals surface area contributed by atoms with Crippen molar-refractivity contribution in [1.82, 2.24) is 15.3 Å². The molecule has 0 amide bonds. The summed E-state index contributed by atoms with van der Waals surface area (Å²) in [5.74, 6) is 1.13. The third-order valence-corrected chi connectivity index (χ3v) is 5.23. The maximum absolute atomic E-state index is 4.60. The number of rotatable bonds is 4. The van der Waals surface area contributed by atoms with Crippen molar-refractivity contribution in [3.63, 3.8) is 0 Å². The number of hydrogen-bond acceptors (Lipinski definition) is 5. The quantitative estimate of drug-likeness (QED) is 0.940. The van der Waals surface area contributed by atoms with Crippen LogP contribution in [0.25, 0.3) is 10.2 Å². The molecular formula is C15H22N4S. The smallest absolute Gasteiger partial charge is 0.141 e. The predicted molar refractivity (Wildman–Crippen MR) is 85.7 cm³/mol. The zero-order chi connectivity index (χ0) is 13.9. The molecule has 1 atom stereocenters. The second kappa shape index (κ2) is 6.06. The van der Waals surface area contributed by atoms with Crippen molar-refractivity contribution in [2.24, 2.45) is 0 Å². The van der Waals surface area contributed by atoms with E-state index in [2.05, 4.69) is 33.2 Å². The van der Waals surface area contributed by atoms with E-state index >= 15 is 0 Å². The highest BCUT2D eigenvalue weighted by Gasteiger charge is 2.25. The fourth-order valence-electron chi connectivity index (χ4n) is 3.02. The Balaban J connectivity index is 2.00. The van der Waals surface area contributed by atoms with Gasteiger partial charge in [-0.2, -0.15) is 0 Å². The van der Waals surface area contributed by atoms with Crippen molar-refractivity contribution in [2.45, 2.75) is 38.6 Å². The molecule has 0 spiro atoms. The van der Waals surface area contributed by atoms with Crippen LogP contribution in [0.3, 0.4) is 0 Å². The van der Waals surface area contributed by atoms with E-state index in [-0.39, 0.29) is 0 Å². The lowest BCUT2D eigenvalue weighted by atomic mass is 10.0. The van der Waals surface area contributed by atoms with Gasteiger partial charge in [0.15, 0.2) is 0 Å². The van der Waals surface area contributed by atoms with Gasteiger partial charge in [0.2, 0.25) is 0 Å². The van der Waals surface area contributed by atoms with Crippen LogP contribution in [0.2, 0.25) is 0 Å². The number of nitrogens with zero attached hydrogens (tertiary/aromatic N) is 3. The molecule has 1 aliphatic heterocycles. The lowest BCUT2D eigenvalue weighted by Crippen LogP contribution is -2.45. The van der Waals surface area contributed by atoms with Crippen LogP contribution in [0.15, 0.2) is 12.4 Å². The van der Waals surface area contributed by atoms with Gasteiger partial charge in [-0.25, -0.2) is 9.97 Å². The highest BCUT2D eigenvalue weighted by atomic mass is 32.1. The standard InChI is InChI=1S/C15H22N4S/c1-3-12-8-13-14(17-10-18-15(13)20-12)19-7-5-4-6-11(19)9-16-2/h8,10-11,16H,3-7,9H2,1-2H3. The summed E-state index contributed by atoms with van der Waals surface area (Å²) in [6.45, 7) is 4.33. The van der Waals surface area contributed by atoms with E-state index in [1.165, 1.54) is 29.5 Å². The largest absolute Gasteiger partial charge is 0.352 e. The molecule has 108 valence electrons. The van der Waals surface area contributed by atoms with Crippen molar-refractivity contribution in [3.05, 3.63) is 17.3 Å². The maximum atomic E-state index is 4.60. The average Bonchev–Trinajstić information content (AvgIpc) is 2.91. The number of aromatic nitrogens is 2. The first-order chi connectivity index (χ1) is 9.83. The van der Waals surface area contributed by atoms with E-state index in [4.69, 9.17) is 0 Å². The number of hydrogen-bond donors (Lipinski definition) is 1. The van der Waals surface area contributed by atoms with Crippen LogP contribution < -0.4 is 10.2 Å². The number of likely N-dealkylation sites (N-methyl/N-ethyl adjacent to an activating group) is 1. The minimum absolute atomic E-state index is 0.553. The number of thiophene rings is 1. The summed E-state index contributed by atoms with van der Waals surface area (Å²) in [7, 11) is 2.03. The maximum Gasteiger partial charge on any atom is 0.141 e. The molecule has 0 bridgehead atoms. The van der Waals surface area contributed by atoms with Gasteiger partial charge >= 0.3 is 0 Å². The third-order valence-electron chi connectivity index (χ3n) is 4.05. The van der Waals surface area contributed by atoms with E-state index in [0.29, 0.717) is 6.04 Å². The molecule has 1 N–H and O–H groups in total. The van der Waals surface area contributed by atoms with E-state index in [1.54, 1.807) is 17.7 Å². The Labute approximate surface area is 124 Å². The molecule has 0 radical (unpaired) electrons. The predicted octanol–water partition coefficient (Wildman–Crippen LogP) is 2.83. The molecule has 20 heavy (non-hydrogen) atoms. The van der Waals surface area contributed by atoms with Gasteiger partial charge in [0.25, 0.3) is 0 Å². The van der Waals surface area contributed by atoms with Gasteiger partial charge in [-0.1, -0.05) is 6.92 Å². The fourth-order valence-corrected chi connectivity index (χ4v) is 3.95. The van der Waals surface area contributed by atoms with Crippen LogP contribution in [0.1, 0.15) is 31.1 Å². The lowest BCUT2D eigenvalue weighted by Gasteiger charge is -2.36. The van der Waals surface area contributed by atoms with Crippen molar-refractivity contribution in [3.8, 4) is 0 Å². The molecule has 4 nitrogen and oxygen atoms in total. The second-order valence-corrected chi connectivity index (χ2v) is 6.50. The number of fused-ring (bicyclic) bond motifs is 1. The Morgan fingerprint density at radius 1 is 1.40 bits per heavy atom. The van der Waals surface area contributed by atoms with Crippen LogP contribution >= 0.6 is 11.3 Å². The average molecular weight is 290 g/mol. The first-order valence-electron chi connectivity index (χ1n) is 7.48. The lowest BCUT2D eigenvalue weighted by molar-refractivity contribution is 0.444. The number of anilines is 1. The first-order valence-corrected chi connectivity index (χ1v) is 8.29. The van der Waals surface area contributed by atoms with Gasteiger partial charge in [-0.3, -0.25) is 0 Å². The van der Waals surface area contributed by atoms with Crippen LogP contribution in [-0.2, 0) is 6.42 Å². The van der Waals surface area contributed by atoms with E-state index in [0.717, 1.165) is 30.2 Å². The molecule has 0 aliphatic carbocycles. The summed E-state index contributed by atoms with van der Waals surface area (Å²) in [5.41, 5.74) is 0. The molecule has 1 fully saturated rings. The van der Waals surface area contributed by atoms with E-state index < -0.39 is 0 Å². The summed E-state index contributed by atoms with van der Waals surface area (Å²) in [4.78, 5) is 14.0. The number of nitrogens with one attached hydrogen (secondary N) is 1. The molecule has 1 saturated heterocycles. The number of aryl methyl sites for hydroxylation is 1. The van der Waals surface area contributed by atoms with Gasteiger partial charge in [-0.05, 0) is 38.8 Å². The summed E-state index contributed by atoms with van der Waals surface area (Å²) in [6, 6.07) is 2.83. The number of piperidine rings is 1. The second-order valence-electron chi connectivity index (χ2n) is 5.38. The normalized spacial score (nSPS) is 19.7. The monoisotopic (exact) mass is 290 g/mol. The molecule has 3 rings (SSSR count). The molecule has 0 aromatic carbocycles. The van der Waals surface area contributed by atoms with Crippen LogP contribution in [-0.4, -0.2) is 36.1 Å². The van der Waals surface area contributed by atoms with Gasteiger partial charge in [0.1, 0.15) is 17.0 Å². The van der Waals surface area contributed by atoms with Crippen molar-refractivity contribution in [1.29, 1.82) is 0 Å². The van der Waals surface area contributed by atoms with E-state index in [9.17, 15) is 0 Å². The van der Waals surface area contributed by atoms with Gasteiger partial charge < -0.3 is 10.2 Å². The minimum atomic E-state index is 0.553. The Bertz CT molecular complexity index is 578. The zero-order valence-electron chi connectivity index (χ0n) is 12.2. The topological polar surface area (TPSA) is 41.0 Å². The molecule has 1 unspecified atom stereocenters. The minimum Gasteiger partial charge on any atom is -0.352 e. The zero-order valence-corrected chi connectivity index (χ0v) is 13.0. The van der Waals surface area contributed by atoms with Crippen molar-refractivity contribution < 1.29 is 0 Å². The Hall–Kier alpha value is -1.20. The Morgan fingerprint density at radius 3 is 3.10 bits per heavy atom. The van der Waals surface area contributed by atoms with Gasteiger partial charge in [0.05, 0.1) is 5.39 Å². The molecular weight excluding hydrogens is 268 g/mol. The summed E-state index contributed by atoms with van der Waals surface area (Å²) in [5, 5.41) is 4.55. The summed E-state index contributed by atoms with van der Waals surface area (Å²) >= 11 is 1.80. The molecule has 2 aromatic rings.